The summed E-state index contributed by atoms with van der Waals surface area (Å²) in [4.78, 5) is 7.31. The average molecular weight is 350 g/mol. The van der Waals surface area contributed by atoms with Crippen molar-refractivity contribution in [3.63, 3.8) is 0 Å². The molecule has 0 spiro atoms. The predicted molar refractivity (Wildman–Crippen MR) is 103 cm³/mol. The fraction of sp³-hybridized carbons (Fsp3) is 0.789. The van der Waals surface area contributed by atoms with Gasteiger partial charge in [-0.2, -0.15) is 0 Å². The SMILES string of the molecule is CCNC(=NCCCN1CCCCCC1)NCCc1c(C)noc1C. The van der Waals surface area contributed by atoms with Crippen LogP contribution in [0.15, 0.2) is 9.52 Å². The predicted octanol–water partition coefficient (Wildman–Crippen LogP) is 2.66. The van der Waals surface area contributed by atoms with Gasteiger partial charge in [0.1, 0.15) is 5.76 Å². The Balaban J connectivity index is 1.70. The van der Waals surface area contributed by atoms with Gasteiger partial charge in [0.2, 0.25) is 0 Å². The Morgan fingerprint density at radius 1 is 1.16 bits per heavy atom. The van der Waals surface area contributed by atoms with Crippen LogP contribution in [0.25, 0.3) is 0 Å². The lowest BCUT2D eigenvalue weighted by Crippen LogP contribution is -2.38. The summed E-state index contributed by atoms with van der Waals surface area (Å²) >= 11 is 0. The summed E-state index contributed by atoms with van der Waals surface area (Å²) in [5, 5.41) is 10.8. The van der Waals surface area contributed by atoms with E-state index in [1.54, 1.807) is 0 Å². The quantitative estimate of drug-likeness (QED) is 0.429. The van der Waals surface area contributed by atoms with Gasteiger partial charge in [0.25, 0.3) is 0 Å². The second kappa shape index (κ2) is 11.1. The van der Waals surface area contributed by atoms with Gasteiger partial charge in [0, 0.05) is 25.2 Å². The number of guanidine groups is 1. The van der Waals surface area contributed by atoms with Crippen LogP contribution >= 0.6 is 0 Å². The molecule has 0 unspecified atom stereocenters. The van der Waals surface area contributed by atoms with Gasteiger partial charge in [-0.05, 0) is 66.1 Å². The van der Waals surface area contributed by atoms with Gasteiger partial charge in [0.15, 0.2) is 5.96 Å². The largest absolute Gasteiger partial charge is 0.361 e. The number of rotatable bonds is 8. The van der Waals surface area contributed by atoms with E-state index in [1.165, 1.54) is 50.9 Å². The molecular formula is C19H35N5O. The number of nitrogens with one attached hydrogen (secondary N) is 2. The van der Waals surface area contributed by atoms with E-state index in [0.717, 1.165) is 49.9 Å². The van der Waals surface area contributed by atoms with Gasteiger partial charge in [-0.15, -0.1) is 0 Å². The first-order valence-electron chi connectivity index (χ1n) is 9.87. The molecule has 2 heterocycles. The van der Waals surface area contributed by atoms with Crippen molar-refractivity contribution in [3.05, 3.63) is 17.0 Å². The summed E-state index contributed by atoms with van der Waals surface area (Å²) in [7, 11) is 0. The number of hydrogen-bond donors (Lipinski definition) is 2. The van der Waals surface area contributed by atoms with E-state index < -0.39 is 0 Å². The third kappa shape index (κ3) is 7.06. The maximum absolute atomic E-state index is 5.22. The molecule has 0 saturated carbocycles. The van der Waals surface area contributed by atoms with E-state index in [0.29, 0.717) is 0 Å². The Morgan fingerprint density at radius 2 is 1.92 bits per heavy atom. The summed E-state index contributed by atoms with van der Waals surface area (Å²) in [6.07, 6.45) is 7.53. The highest BCUT2D eigenvalue weighted by Crippen LogP contribution is 2.12. The maximum Gasteiger partial charge on any atom is 0.191 e. The number of hydrogen-bond acceptors (Lipinski definition) is 4. The minimum atomic E-state index is 0.834. The van der Waals surface area contributed by atoms with Gasteiger partial charge in [-0.1, -0.05) is 18.0 Å². The maximum atomic E-state index is 5.22. The van der Waals surface area contributed by atoms with E-state index >= 15 is 0 Å². The Morgan fingerprint density at radius 3 is 2.56 bits per heavy atom. The van der Waals surface area contributed by atoms with Crippen LogP contribution in [0.3, 0.4) is 0 Å². The smallest absolute Gasteiger partial charge is 0.191 e. The molecule has 25 heavy (non-hydrogen) atoms. The fourth-order valence-electron chi connectivity index (χ4n) is 3.35. The summed E-state index contributed by atoms with van der Waals surface area (Å²) in [6, 6.07) is 0. The van der Waals surface area contributed by atoms with E-state index in [4.69, 9.17) is 9.52 Å². The normalized spacial score (nSPS) is 16.7. The van der Waals surface area contributed by atoms with Crippen molar-refractivity contribution < 1.29 is 4.52 Å². The number of aromatic nitrogens is 1. The van der Waals surface area contributed by atoms with Crippen molar-refractivity contribution in [1.29, 1.82) is 0 Å². The molecule has 1 saturated heterocycles. The molecule has 0 radical (unpaired) electrons. The third-order valence-corrected chi connectivity index (χ3v) is 4.79. The molecular weight excluding hydrogens is 314 g/mol. The van der Waals surface area contributed by atoms with Gasteiger partial charge in [-0.25, -0.2) is 0 Å². The molecule has 142 valence electrons. The van der Waals surface area contributed by atoms with E-state index in [9.17, 15) is 0 Å². The molecule has 0 bridgehead atoms. The van der Waals surface area contributed by atoms with Gasteiger partial charge in [-0.3, -0.25) is 4.99 Å². The van der Waals surface area contributed by atoms with Crippen LogP contribution in [0.1, 0.15) is 56.0 Å². The molecule has 2 rings (SSSR count). The number of aryl methyl sites for hydroxylation is 2. The standard InChI is InChI=1S/C19H35N5O/c1-4-20-19(22-12-10-18-16(2)23-25-17(18)3)21-11-9-15-24-13-7-5-6-8-14-24/h4-15H2,1-3H3,(H2,20,21,22). The third-order valence-electron chi connectivity index (χ3n) is 4.79. The second-order valence-corrected chi connectivity index (χ2v) is 6.85. The second-order valence-electron chi connectivity index (χ2n) is 6.85. The molecule has 1 aromatic rings. The van der Waals surface area contributed by atoms with Gasteiger partial charge in [0.05, 0.1) is 5.69 Å². The van der Waals surface area contributed by atoms with Crippen molar-refractivity contribution in [2.45, 2.75) is 59.3 Å². The highest BCUT2D eigenvalue weighted by atomic mass is 16.5. The highest BCUT2D eigenvalue weighted by molar-refractivity contribution is 5.79. The van der Waals surface area contributed by atoms with Crippen LogP contribution in [-0.4, -0.2) is 55.3 Å². The lowest BCUT2D eigenvalue weighted by atomic mass is 10.1. The summed E-state index contributed by atoms with van der Waals surface area (Å²) < 4.78 is 5.22. The Bertz CT molecular complexity index is 498. The average Bonchev–Trinajstić information content (AvgIpc) is 2.81. The molecule has 0 atom stereocenters. The van der Waals surface area contributed by atoms with Crippen LogP contribution in [0.5, 0.6) is 0 Å². The fourth-order valence-corrected chi connectivity index (χ4v) is 3.35. The van der Waals surface area contributed by atoms with Gasteiger partial charge >= 0.3 is 0 Å². The molecule has 1 aliphatic rings. The Hall–Kier alpha value is -1.56. The van der Waals surface area contributed by atoms with E-state index in [2.05, 4.69) is 27.6 Å². The molecule has 0 amide bonds. The zero-order chi connectivity index (χ0) is 17.9. The molecule has 1 aromatic heterocycles. The van der Waals surface area contributed by atoms with Crippen molar-refractivity contribution in [2.24, 2.45) is 4.99 Å². The first-order valence-corrected chi connectivity index (χ1v) is 9.87. The Labute approximate surface area is 152 Å². The van der Waals surface area contributed by atoms with E-state index in [1.807, 2.05) is 13.8 Å². The van der Waals surface area contributed by atoms with Crippen LogP contribution in [0.2, 0.25) is 0 Å². The minimum absolute atomic E-state index is 0.834. The summed E-state index contributed by atoms with van der Waals surface area (Å²) in [5.74, 6) is 1.82. The van der Waals surface area contributed by atoms with Crippen LogP contribution in [0, 0.1) is 13.8 Å². The van der Waals surface area contributed by atoms with Crippen molar-refractivity contribution in [3.8, 4) is 0 Å². The topological polar surface area (TPSA) is 65.7 Å². The monoisotopic (exact) mass is 349 g/mol. The molecule has 6 heteroatoms. The molecule has 6 nitrogen and oxygen atoms in total. The highest BCUT2D eigenvalue weighted by Gasteiger charge is 2.09. The zero-order valence-electron chi connectivity index (χ0n) is 16.2. The Kier molecular flexibility index (Phi) is 8.80. The molecule has 1 fully saturated rings. The van der Waals surface area contributed by atoms with Crippen LogP contribution in [-0.2, 0) is 6.42 Å². The first kappa shape index (κ1) is 19.8. The summed E-state index contributed by atoms with van der Waals surface area (Å²) in [6.45, 7) is 12.3. The van der Waals surface area contributed by atoms with Gasteiger partial charge < -0.3 is 20.1 Å². The molecule has 2 N–H and O–H groups in total. The van der Waals surface area contributed by atoms with E-state index in [-0.39, 0.29) is 0 Å². The van der Waals surface area contributed by atoms with Crippen molar-refractivity contribution in [1.82, 2.24) is 20.7 Å². The van der Waals surface area contributed by atoms with Crippen LogP contribution < -0.4 is 10.6 Å². The van der Waals surface area contributed by atoms with Crippen LogP contribution in [0.4, 0.5) is 0 Å². The molecule has 1 aliphatic heterocycles. The number of likely N-dealkylation sites (tertiary alicyclic amines) is 1. The van der Waals surface area contributed by atoms with Crippen molar-refractivity contribution >= 4 is 5.96 Å². The molecule has 0 aliphatic carbocycles. The summed E-state index contributed by atoms with van der Waals surface area (Å²) in [5.41, 5.74) is 2.18. The lowest BCUT2D eigenvalue weighted by Gasteiger charge is -2.19. The minimum Gasteiger partial charge on any atom is -0.361 e. The molecule has 0 aromatic carbocycles. The number of nitrogens with zero attached hydrogens (tertiary/aromatic N) is 3. The number of aliphatic imine (C=N–C) groups is 1. The van der Waals surface area contributed by atoms with Crippen molar-refractivity contribution in [2.75, 3.05) is 39.3 Å². The zero-order valence-corrected chi connectivity index (χ0v) is 16.2. The first-order chi connectivity index (χ1) is 12.2. The lowest BCUT2D eigenvalue weighted by molar-refractivity contribution is 0.283.